The normalized spacial score (nSPS) is 13.7. The number of aromatic nitrogens is 4. The summed E-state index contributed by atoms with van der Waals surface area (Å²) < 4.78 is 32.4. The highest BCUT2D eigenvalue weighted by atomic mass is 19.2. The largest absolute Gasteiger partial charge is 0.446 e. The second kappa shape index (κ2) is 6.36. The Kier molecular flexibility index (Phi) is 3.79. The first-order valence-electron chi connectivity index (χ1n) is 8.83. The zero-order valence-electron chi connectivity index (χ0n) is 14.8. The number of anilines is 1. The first-order valence-corrected chi connectivity index (χ1v) is 8.83. The van der Waals surface area contributed by atoms with E-state index in [1.165, 1.54) is 0 Å². The lowest BCUT2D eigenvalue weighted by atomic mass is 10.0. The quantitative estimate of drug-likeness (QED) is 0.490. The van der Waals surface area contributed by atoms with Crippen molar-refractivity contribution in [2.24, 2.45) is 0 Å². The number of halogens is 2. The van der Waals surface area contributed by atoms with Crippen LogP contribution in [0.3, 0.4) is 0 Å². The van der Waals surface area contributed by atoms with Gasteiger partial charge in [0.25, 0.3) is 5.56 Å². The van der Waals surface area contributed by atoms with Gasteiger partial charge in [0, 0.05) is 10.9 Å². The molecule has 1 aliphatic rings. The molecule has 1 aliphatic carbocycles. The monoisotopic (exact) mass is 397 g/mol. The van der Waals surface area contributed by atoms with Crippen LogP contribution < -0.4 is 10.9 Å². The molecule has 1 fully saturated rings. The maximum atomic E-state index is 13.8. The maximum Gasteiger partial charge on any atom is 0.414 e. The van der Waals surface area contributed by atoms with Gasteiger partial charge in [0.15, 0.2) is 11.6 Å². The zero-order valence-corrected chi connectivity index (χ0v) is 14.8. The lowest BCUT2D eigenvalue weighted by Crippen LogP contribution is -2.15. The van der Waals surface area contributed by atoms with E-state index in [-0.39, 0.29) is 28.5 Å². The summed E-state index contributed by atoms with van der Waals surface area (Å²) in [5, 5.41) is 8.98. The minimum absolute atomic E-state index is 0.0128. The van der Waals surface area contributed by atoms with Crippen molar-refractivity contribution in [2.45, 2.75) is 18.9 Å². The van der Waals surface area contributed by atoms with Gasteiger partial charge in [-0.15, -0.1) is 0 Å². The number of hydrogen-bond donors (Lipinski definition) is 3. The van der Waals surface area contributed by atoms with Crippen LogP contribution in [0.4, 0.5) is 19.5 Å². The third kappa shape index (κ3) is 3.18. The van der Waals surface area contributed by atoms with Crippen molar-refractivity contribution in [2.75, 3.05) is 5.32 Å². The van der Waals surface area contributed by atoms with Gasteiger partial charge in [-0.25, -0.2) is 23.7 Å². The lowest BCUT2D eigenvalue weighted by Gasteiger charge is -2.06. The van der Waals surface area contributed by atoms with Gasteiger partial charge in [-0.1, -0.05) is 6.07 Å². The molecule has 8 nitrogen and oxygen atoms in total. The Balaban J connectivity index is 1.55. The van der Waals surface area contributed by atoms with E-state index < -0.39 is 23.3 Å². The molecule has 3 N–H and O–H groups in total. The summed E-state index contributed by atoms with van der Waals surface area (Å²) in [6.07, 6.45) is 1.11. The Morgan fingerprint density at radius 3 is 2.66 bits per heavy atom. The highest BCUT2D eigenvalue weighted by Crippen LogP contribution is 2.29. The van der Waals surface area contributed by atoms with Crippen molar-refractivity contribution in [1.82, 2.24) is 20.2 Å². The highest BCUT2D eigenvalue weighted by Gasteiger charge is 2.26. The van der Waals surface area contributed by atoms with E-state index in [4.69, 9.17) is 4.74 Å². The van der Waals surface area contributed by atoms with Crippen molar-refractivity contribution in [3.05, 3.63) is 52.3 Å². The highest BCUT2D eigenvalue weighted by molar-refractivity contribution is 5.96. The summed E-state index contributed by atoms with van der Waals surface area (Å²) in [5.74, 6) is -1.97. The summed E-state index contributed by atoms with van der Waals surface area (Å²) in [4.78, 5) is 31.0. The number of nitrogens with zero attached hydrogens (tertiary/aromatic N) is 2. The first kappa shape index (κ1) is 17.3. The van der Waals surface area contributed by atoms with Gasteiger partial charge in [0.1, 0.15) is 6.10 Å². The van der Waals surface area contributed by atoms with Gasteiger partial charge < -0.3 is 9.72 Å². The molecule has 0 atom stereocenters. The first-order chi connectivity index (χ1) is 14.0. The van der Waals surface area contributed by atoms with Crippen LogP contribution in [0.15, 0.2) is 35.1 Å². The van der Waals surface area contributed by atoms with Crippen LogP contribution >= 0.6 is 0 Å². The number of nitrogens with one attached hydrogen (secondary N) is 3. The maximum absolute atomic E-state index is 13.8. The Hall–Kier alpha value is -3.82. The number of carbonyl (C=O) groups is 1. The number of imidazole rings is 1. The van der Waals surface area contributed by atoms with Crippen molar-refractivity contribution in [3.8, 4) is 11.3 Å². The number of carbonyl (C=O) groups excluding carboxylic acids is 1. The van der Waals surface area contributed by atoms with Crippen LogP contribution in [0.5, 0.6) is 0 Å². The number of ether oxygens (including phenoxy) is 1. The van der Waals surface area contributed by atoms with Gasteiger partial charge in [-0.2, -0.15) is 5.10 Å². The molecule has 29 heavy (non-hydrogen) atoms. The Morgan fingerprint density at radius 2 is 1.90 bits per heavy atom. The molecule has 0 spiro atoms. The molecule has 1 amide bonds. The predicted octanol–water partition coefficient (Wildman–Crippen LogP) is 3.46. The topological polar surface area (TPSA) is 113 Å². The van der Waals surface area contributed by atoms with Crippen LogP contribution in [-0.2, 0) is 4.74 Å². The van der Waals surface area contributed by atoms with E-state index in [0.717, 1.165) is 25.0 Å². The van der Waals surface area contributed by atoms with Crippen LogP contribution in [0, 0.1) is 11.6 Å². The van der Waals surface area contributed by atoms with E-state index >= 15 is 0 Å². The lowest BCUT2D eigenvalue weighted by molar-refractivity contribution is 0.154. The van der Waals surface area contributed by atoms with E-state index in [0.29, 0.717) is 16.6 Å². The fourth-order valence-electron chi connectivity index (χ4n) is 3.05. The Bertz CT molecular complexity index is 1340. The van der Waals surface area contributed by atoms with Gasteiger partial charge in [-0.05, 0) is 37.1 Å². The van der Waals surface area contributed by atoms with Crippen LogP contribution in [-0.4, -0.2) is 32.4 Å². The molecule has 2 aromatic carbocycles. The molecule has 0 radical (unpaired) electrons. The number of rotatable bonds is 3. The minimum atomic E-state index is -1.11. The second-order valence-electron chi connectivity index (χ2n) is 6.76. The van der Waals surface area contributed by atoms with E-state index in [1.807, 2.05) is 0 Å². The summed E-state index contributed by atoms with van der Waals surface area (Å²) in [5.41, 5.74) is 1.33. The third-order valence-corrected chi connectivity index (χ3v) is 4.60. The standard InChI is InChI=1S/C19H13F2N5O3/c20-12-6-10-11(7-13(12)21)17(27)26-25-16(10)8-1-4-14-15(5-8)23-18(22-14)24-19(28)29-9-2-3-9/h1,4-7,9H,2-3H2,(H,26,27)(H2,22,23,24,28). The molecular weight excluding hydrogens is 384 g/mol. The zero-order chi connectivity index (χ0) is 20.1. The minimum Gasteiger partial charge on any atom is -0.446 e. The smallest absolute Gasteiger partial charge is 0.414 e. The number of amides is 1. The average Bonchev–Trinajstić information content (AvgIpc) is 3.40. The number of benzene rings is 2. The number of fused-ring (bicyclic) bond motifs is 2. The van der Waals surface area contributed by atoms with Gasteiger partial charge >= 0.3 is 6.09 Å². The molecule has 0 bridgehead atoms. The molecule has 4 aromatic rings. The van der Waals surface area contributed by atoms with E-state index in [9.17, 15) is 18.4 Å². The molecule has 0 aliphatic heterocycles. The van der Waals surface area contributed by atoms with E-state index in [1.54, 1.807) is 18.2 Å². The summed E-state index contributed by atoms with van der Waals surface area (Å²) >= 11 is 0. The summed E-state index contributed by atoms with van der Waals surface area (Å²) in [6, 6.07) is 6.83. The van der Waals surface area contributed by atoms with Crippen LogP contribution in [0.25, 0.3) is 33.1 Å². The number of H-pyrrole nitrogens is 2. The number of hydrogen-bond acceptors (Lipinski definition) is 5. The van der Waals surface area contributed by atoms with Crippen LogP contribution in [0.2, 0.25) is 0 Å². The molecule has 146 valence electrons. The summed E-state index contributed by atoms with van der Waals surface area (Å²) in [7, 11) is 0. The second-order valence-corrected chi connectivity index (χ2v) is 6.76. The van der Waals surface area contributed by atoms with Gasteiger partial charge in [-0.3, -0.25) is 10.1 Å². The fraction of sp³-hybridized carbons (Fsp3) is 0.158. The molecule has 10 heteroatoms. The van der Waals surface area contributed by atoms with Crippen molar-refractivity contribution in [1.29, 1.82) is 0 Å². The van der Waals surface area contributed by atoms with Gasteiger partial charge in [0.2, 0.25) is 5.95 Å². The molecular formula is C19H13F2N5O3. The fourth-order valence-corrected chi connectivity index (χ4v) is 3.05. The molecule has 0 unspecified atom stereocenters. The van der Waals surface area contributed by atoms with Gasteiger partial charge in [0.05, 0.1) is 22.1 Å². The molecule has 2 heterocycles. The molecule has 1 saturated carbocycles. The summed E-state index contributed by atoms with van der Waals surface area (Å²) in [6.45, 7) is 0. The van der Waals surface area contributed by atoms with Crippen molar-refractivity contribution in [3.63, 3.8) is 0 Å². The van der Waals surface area contributed by atoms with E-state index in [2.05, 4.69) is 25.5 Å². The van der Waals surface area contributed by atoms with Crippen molar-refractivity contribution < 1.29 is 18.3 Å². The average molecular weight is 397 g/mol. The van der Waals surface area contributed by atoms with Crippen LogP contribution in [0.1, 0.15) is 12.8 Å². The Morgan fingerprint density at radius 1 is 1.14 bits per heavy atom. The van der Waals surface area contributed by atoms with Crippen molar-refractivity contribution >= 4 is 33.8 Å². The molecule has 5 rings (SSSR count). The number of aromatic amines is 2. The third-order valence-electron chi connectivity index (χ3n) is 4.60. The predicted molar refractivity (Wildman–Crippen MR) is 100 cm³/mol. The Labute approximate surface area is 160 Å². The molecule has 2 aromatic heterocycles. The molecule has 0 saturated heterocycles. The SMILES string of the molecule is O=C(Nc1nc2cc(-c3n[nH]c(=O)c4cc(F)c(F)cc34)ccc2[nH]1)OC1CC1.